The van der Waals surface area contributed by atoms with E-state index in [-0.39, 0.29) is 18.5 Å². The summed E-state index contributed by atoms with van der Waals surface area (Å²) >= 11 is 0. The molecular weight excluding hydrogens is 595 g/mol. The van der Waals surface area contributed by atoms with E-state index in [0.29, 0.717) is 24.4 Å². The van der Waals surface area contributed by atoms with Crippen LogP contribution in [-0.2, 0) is 23.6 Å². The van der Waals surface area contributed by atoms with Crippen molar-refractivity contribution in [1.29, 1.82) is 0 Å². The summed E-state index contributed by atoms with van der Waals surface area (Å²) in [6.45, 7) is 3.45. The van der Waals surface area contributed by atoms with E-state index in [2.05, 4.69) is 33.1 Å². The average molecular weight is 649 g/mol. The lowest BCUT2D eigenvalue weighted by molar-refractivity contribution is -0.906. The number of carbonyl (C=O) groups excluding carboxylic acids is 2. The summed E-state index contributed by atoms with van der Waals surface area (Å²) in [6.07, 6.45) is 11.3. The van der Waals surface area contributed by atoms with E-state index in [0.717, 1.165) is 60.7 Å². The second-order valence-corrected chi connectivity index (χ2v) is 12.7. The molecule has 47 heavy (non-hydrogen) atoms. The minimum absolute atomic E-state index is 0.158. The number of pyridine rings is 1. The number of para-hydroxylation sites is 1. The lowest BCUT2D eigenvalue weighted by Crippen LogP contribution is -2.53. The molecule has 255 valence electrons. The summed E-state index contributed by atoms with van der Waals surface area (Å²) in [4.78, 5) is 32.0. The Labute approximate surface area is 283 Å². The number of amides is 2. The third-order valence-electron chi connectivity index (χ3n) is 8.97. The largest absolute Gasteiger partial charge is 0.428 e. The Morgan fingerprint density at radius 1 is 1.02 bits per heavy atom. The highest BCUT2D eigenvalue weighted by Gasteiger charge is 2.28. The first-order chi connectivity index (χ1) is 22.9. The number of fused-ring (bicyclic) bond motifs is 1. The van der Waals surface area contributed by atoms with Crippen LogP contribution in [0.3, 0.4) is 0 Å². The molecule has 0 bridgehead atoms. The second-order valence-electron chi connectivity index (χ2n) is 12.7. The summed E-state index contributed by atoms with van der Waals surface area (Å²) in [5.74, 6) is 0.114. The Morgan fingerprint density at radius 2 is 1.81 bits per heavy atom. The van der Waals surface area contributed by atoms with Crippen molar-refractivity contribution in [2.45, 2.75) is 76.2 Å². The monoisotopic (exact) mass is 649 g/mol. The number of hydrogen-bond acceptors (Lipinski definition) is 9. The molecule has 2 aromatic rings. The Bertz CT molecular complexity index is 1180. The van der Waals surface area contributed by atoms with Crippen molar-refractivity contribution in [3.8, 4) is 0 Å². The molecule has 1 fully saturated rings. The van der Waals surface area contributed by atoms with Gasteiger partial charge in [0.25, 0.3) is 7.48 Å². The maximum atomic E-state index is 13.8. The highest BCUT2D eigenvalue weighted by Crippen LogP contribution is 2.28. The minimum Gasteiger partial charge on any atom is -0.428 e. The van der Waals surface area contributed by atoms with Gasteiger partial charge < -0.3 is 45.3 Å². The number of carbonyl (C=O) groups is 2. The van der Waals surface area contributed by atoms with Crippen molar-refractivity contribution in [2.75, 3.05) is 59.5 Å². The van der Waals surface area contributed by atoms with Gasteiger partial charge in [0, 0.05) is 26.2 Å². The van der Waals surface area contributed by atoms with Crippen LogP contribution in [0.4, 0.5) is 5.69 Å². The zero-order chi connectivity index (χ0) is 33.7. The molecule has 1 unspecified atom stereocenters. The van der Waals surface area contributed by atoms with Crippen molar-refractivity contribution in [3.63, 3.8) is 0 Å². The Morgan fingerprint density at radius 3 is 2.57 bits per heavy atom. The highest BCUT2D eigenvalue weighted by molar-refractivity contribution is 6.27. The molecule has 2 amide bonds. The average Bonchev–Trinajstić information content (AvgIpc) is 3.09. The molecule has 1 aromatic heterocycles. The number of nitrogens with two attached hydrogens (primary N) is 1. The molecule has 1 saturated carbocycles. The normalized spacial score (nSPS) is 16.2. The number of nitrogens with one attached hydrogen (secondary N) is 4. The van der Waals surface area contributed by atoms with Gasteiger partial charge in [-0.3, -0.25) is 14.6 Å². The van der Waals surface area contributed by atoms with Crippen LogP contribution in [0.25, 0.3) is 10.9 Å². The van der Waals surface area contributed by atoms with E-state index in [1.807, 2.05) is 30.3 Å². The smallest absolute Gasteiger partial charge is 0.396 e. The number of aromatic nitrogens is 1. The van der Waals surface area contributed by atoms with Crippen LogP contribution in [0.2, 0.25) is 6.32 Å². The Kier molecular flexibility index (Phi) is 18.4. The van der Waals surface area contributed by atoms with Gasteiger partial charge >= 0.3 is 15.2 Å². The molecule has 6 N–H and O–H groups in total. The fourth-order valence-electron chi connectivity index (χ4n) is 6.23. The molecule has 0 saturated heterocycles. The zero-order valence-corrected chi connectivity index (χ0v) is 28.5. The lowest BCUT2D eigenvalue weighted by Gasteiger charge is -2.35. The molecule has 1 heterocycles. The van der Waals surface area contributed by atoms with Gasteiger partial charge in [0.15, 0.2) is 0 Å². The summed E-state index contributed by atoms with van der Waals surface area (Å²) < 4.78 is 16.2. The minimum atomic E-state index is -0.676. The first-order valence-electron chi connectivity index (χ1n) is 17.0. The SMILES string of the molecule is CO[B]NCC[N+](C)(CC[B]OCN)CCC[C@H](N[B]OC)C(=O)N[C@@H](CCC1CCCCC1)C(=O)Nc1cnc2ccccc2c1. The van der Waals surface area contributed by atoms with Crippen LogP contribution in [-0.4, -0.2) is 110 Å². The van der Waals surface area contributed by atoms with Gasteiger partial charge in [-0.15, -0.1) is 0 Å². The van der Waals surface area contributed by atoms with Crippen molar-refractivity contribution in [3.05, 3.63) is 36.5 Å². The van der Waals surface area contributed by atoms with Crippen molar-refractivity contribution >= 4 is 51.1 Å². The van der Waals surface area contributed by atoms with Gasteiger partial charge in [0.05, 0.1) is 56.9 Å². The lowest BCUT2D eigenvalue weighted by atomic mass is 9.85. The molecule has 3 radical (unpaired) electrons. The standard InChI is InChI=1S/C32H53B3N7O5/c1-42(20-17-33-47-24-36,21-18-38-34-45-2)19-9-14-30(41-35-46-3)32(44)40-29(16-15-25-10-5-4-6-11-25)31(43)39-27-22-26-12-7-8-13-28(26)37-23-27/h7-8,12-13,22-23,25,29-30,38,41H,4-6,9-11,14-21,24,36H2,1-3H3,(H-,39,40,43,44)/p+1/t29-,30-,42?/m0/s1. The molecule has 12 nitrogen and oxygen atoms in total. The fraction of sp³-hybridized carbons (Fsp3) is 0.656. The maximum Gasteiger partial charge on any atom is 0.396 e. The second kappa shape index (κ2) is 22.2. The van der Waals surface area contributed by atoms with Crippen LogP contribution in [0.5, 0.6) is 0 Å². The first kappa shape index (κ1) is 38.9. The molecule has 15 heteroatoms. The molecule has 1 aromatic carbocycles. The third kappa shape index (κ3) is 14.6. The van der Waals surface area contributed by atoms with Crippen LogP contribution >= 0.6 is 0 Å². The van der Waals surface area contributed by atoms with E-state index >= 15 is 0 Å². The van der Waals surface area contributed by atoms with Gasteiger partial charge in [-0.1, -0.05) is 50.3 Å². The summed E-state index contributed by atoms with van der Waals surface area (Å²) in [5, 5.41) is 13.3. The number of quaternary nitrogens is 1. The van der Waals surface area contributed by atoms with E-state index in [4.69, 9.17) is 19.7 Å². The van der Waals surface area contributed by atoms with Gasteiger partial charge in [-0.2, -0.15) is 0 Å². The molecule has 3 rings (SSSR count). The number of anilines is 1. The number of nitrogens with zero attached hydrogens (tertiary/aromatic N) is 2. The Hall–Kier alpha value is -2.52. The number of benzene rings is 1. The van der Waals surface area contributed by atoms with Gasteiger partial charge in [0.2, 0.25) is 11.8 Å². The number of likely N-dealkylation sites (N-methyl/N-ethyl adjacent to an activating group) is 1. The van der Waals surface area contributed by atoms with Crippen LogP contribution in [0.1, 0.15) is 57.8 Å². The van der Waals surface area contributed by atoms with Crippen LogP contribution in [0, 0.1) is 5.92 Å². The van der Waals surface area contributed by atoms with Crippen molar-refractivity contribution in [2.24, 2.45) is 11.7 Å². The molecule has 0 spiro atoms. The summed E-state index contributed by atoms with van der Waals surface area (Å²) in [6, 6.07) is 8.45. The number of hydrogen-bond donors (Lipinski definition) is 5. The fourth-order valence-corrected chi connectivity index (χ4v) is 6.23. The molecule has 1 aliphatic carbocycles. The van der Waals surface area contributed by atoms with Crippen LogP contribution < -0.4 is 26.8 Å². The topological polar surface area (TPSA) is 149 Å². The van der Waals surface area contributed by atoms with Gasteiger partial charge in [0.1, 0.15) is 6.04 Å². The van der Waals surface area contributed by atoms with Gasteiger partial charge in [-0.25, -0.2) is 0 Å². The molecule has 1 aliphatic rings. The van der Waals surface area contributed by atoms with E-state index in [1.54, 1.807) is 28.4 Å². The highest BCUT2D eigenvalue weighted by atomic mass is 16.4. The third-order valence-corrected chi connectivity index (χ3v) is 8.97. The predicted octanol–water partition coefficient (Wildman–Crippen LogP) is 2.12. The molecule has 0 aliphatic heterocycles. The van der Waals surface area contributed by atoms with Crippen molar-refractivity contribution in [1.82, 2.24) is 20.8 Å². The van der Waals surface area contributed by atoms with E-state index < -0.39 is 12.1 Å². The van der Waals surface area contributed by atoms with E-state index in [9.17, 15) is 9.59 Å². The molecular formula is C32H54B3N7O5+. The van der Waals surface area contributed by atoms with Crippen LogP contribution in [0.15, 0.2) is 36.5 Å². The first-order valence-corrected chi connectivity index (χ1v) is 17.0. The zero-order valence-electron chi connectivity index (χ0n) is 28.5. The van der Waals surface area contributed by atoms with E-state index in [1.165, 1.54) is 46.8 Å². The predicted molar refractivity (Wildman–Crippen MR) is 189 cm³/mol. The quantitative estimate of drug-likeness (QED) is 0.0500. The summed E-state index contributed by atoms with van der Waals surface area (Å²) in [7, 11) is 10.1. The van der Waals surface area contributed by atoms with Crippen molar-refractivity contribution < 1.29 is 28.0 Å². The molecule has 3 atom stereocenters. The maximum absolute atomic E-state index is 13.8. The summed E-state index contributed by atoms with van der Waals surface area (Å²) in [5.41, 5.74) is 6.94. The van der Waals surface area contributed by atoms with Gasteiger partial charge in [-0.05, 0) is 50.1 Å². The Balaban J connectivity index is 1.66. The number of rotatable bonds is 24.